The molecule has 1 aromatic heterocycles. The van der Waals surface area contributed by atoms with Crippen LogP contribution in [-0.2, 0) is 11.3 Å². The highest BCUT2D eigenvalue weighted by Gasteiger charge is 2.38. The van der Waals surface area contributed by atoms with E-state index in [2.05, 4.69) is 21.8 Å². The predicted molar refractivity (Wildman–Crippen MR) is 105 cm³/mol. The van der Waals surface area contributed by atoms with Crippen LogP contribution >= 0.6 is 0 Å². The number of aromatic nitrogens is 2. The Bertz CT molecular complexity index is 738. The Hall–Kier alpha value is -2.02. The maximum Gasteiger partial charge on any atom is 0.162 e. The molecule has 2 atom stereocenters. The van der Waals surface area contributed by atoms with Crippen molar-refractivity contribution in [3.63, 3.8) is 0 Å². The van der Waals surface area contributed by atoms with E-state index in [1.54, 1.807) is 14.2 Å². The van der Waals surface area contributed by atoms with Crippen LogP contribution in [0.1, 0.15) is 25.3 Å². The zero-order valence-electron chi connectivity index (χ0n) is 16.4. The lowest BCUT2D eigenvalue weighted by atomic mass is 9.80. The first kappa shape index (κ1) is 19.7. The van der Waals surface area contributed by atoms with Crippen molar-refractivity contribution < 1.29 is 14.6 Å². The molecule has 1 aliphatic rings. The van der Waals surface area contributed by atoms with E-state index in [0.29, 0.717) is 18.9 Å². The number of para-hydroxylation sites is 1. The van der Waals surface area contributed by atoms with Crippen LogP contribution in [-0.4, -0.2) is 59.5 Å². The minimum atomic E-state index is -0.628. The SMILES string of the molecule is COCC[C@]1(O)CCN(Cc2cnc(-c3ccccc3OC)nc2)C[C@H]1C. The van der Waals surface area contributed by atoms with Crippen molar-refractivity contribution in [1.29, 1.82) is 0 Å². The van der Waals surface area contributed by atoms with Gasteiger partial charge in [0.1, 0.15) is 5.75 Å². The zero-order chi connectivity index (χ0) is 19.3. The van der Waals surface area contributed by atoms with Crippen LogP contribution < -0.4 is 4.74 Å². The molecule has 2 heterocycles. The molecule has 2 aromatic rings. The Morgan fingerprint density at radius 3 is 2.63 bits per heavy atom. The van der Waals surface area contributed by atoms with Crippen molar-refractivity contribution in [2.45, 2.75) is 31.9 Å². The quantitative estimate of drug-likeness (QED) is 0.807. The summed E-state index contributed by atoms with van der Waals surface area (Å²) in [6.45, 7) is 5.21. The average Bonchev–Trinajstić information content (AvgIpc) is 2.70. The summed E-state index contributed by atoms with van der Waals surface area (Å²) in [6.07, 6.45) is 5.21. The maximum absolute atomic E-state index is 10.8. The monoisotopic (exact) mass is 371 g/mol. The van der Waals surface area contributed by atoms with Gasteiger partial charge in [0, 0.05) is 51.3 Å². The molecule has 0 bridgehead atoms. The first-order chi connectivity index (χ1) is 13.1. The van der Waals surface area contributed by atoms with Gasteiger partial charge in [-0.2, -0.15) is 0 Å². The Labute approximate surface area is 161 Å². The lowest BCUT2D eigenvalue weighted by Crippen LogP contribution is -2.51. The summed E-state index contributed by atoms with van der Waals surface area (Å²) in [5.74, 6) is 1.64. The summed E-state index contributed by atoms with van der Waals surface area (Å²) in [7, 11) is 3.33. The van der Waals surface area contributed by atoms with Crippen LogP contribution in [0.15, 0.2) is 36.7 Å². The van der Waals surface area contributed by atoms with Gasteiger partial charge in [0.05, 0.1) is 18.3 Å². The fourth-order valence-electron chi connectivity index (χ4n) is 3.70. The number of ether oxygens (including phenoxy) is 2. The molecule has 1 saturated heterocycles. The van der Waals surface area contributed by atoms with Gasteiger partial charge in [-0.05, 0) is 30.9 Å². The Morgan fingerprint density at radius 1 is 1.22 bits per heavy atom. The summed E-state index contributed by atoms with van der Waals surface area (Å²) in [5, 5.41) is 10.8. The van der Waals surface area contributed by atoms with Crippen molar-refractivity contribution in [1.82, 2.24) is 14.9 Å². The molecule has 0 unspecified atom stereocenters. The third-order valence-electron chi connectivity index (χ3n) is 5.51. The minimum absolute atomic E-state index is 0.204. The highest BCUT2D eigenvalue weighted by atomic mass is 16.5. The van der Waals surface area contributed by atoms with E-state index < -0.39 is 5.60 Å². The lowest BCUT2D eigenvalue weighted by Gasteiger charge is -2.43. The number of hydrogen-bond acceptors (Lipinski definition) is 6. The van der Waals surface area contributed by atoms with Crippen molar-refractivity contribution in [3.05, 3.63) is 42.2 Å². The second-order valence-corrected chi connectivity index (χ2v) is 7.35. The van der Waals surface area contributed by atoms with Gasteiger partial charge in [-0.25, -0.2) is 9.97 Å². The van der Waals surface area contributed by atoms with Crippen molar-refractivity contribution in [2.24, 2.45) is 5.92 Å². The molecular weight excluding hydrogens is 342 g/mol. The minimum Gasteiger partial charge on any atom is -0.496 e. The van der Waals surface area contributed by atoms with Crippen molar-refractivity contribution in [2.75, 3.05) is 33.9 Å². The normalized spacial score (nSPS) is 23.3. The Balaban J connectivity index is 1.62. The lowest BCUT2D eigenvalue weighted by molar-refractivity contribution is -0.0827. The molecule has 146 valence electrons. The van der Waals surface area contributed by atoms with Gasteiger partial charge in [0.25, 0.3) is 0 Å². The zero-order valence-corrected chi connectivity index (χ0v) is 16.4. The second kappa shape index (κ2) is 8.78. The van der Waals surface area contributed by atoms with E-state index >= 15 is 0 Å². The van der Waals surface area contributed by atoms with E-state index in [1.807, 2.05) is 36.7 Å². The van der Waals surface area contributed by atoms with Crippen LogP contribution in [0.3, 0.4) is 0 Å². The first-order valence-electron chi connectivity index (χ1n) is 9.43. The van der Waals surface area contributed by atoms with Crippen LogP contribution in [0.25, 0.3) is 11.4 Å². The number of rotatable bonds is 7. The van der Waals surface area contributed by atoms with Gasteiger partial charge in [-0.1, -0.05) is 19.1 Å². The Kier molecular flexibility index (Phi) is 6.42. The van der Waals surface area contributed by atoms with Crippen LogP contribution in [0.5, 0.6) is 5.75 Å². The molecular formula is C21H29N3O3. The summed E-state index contributed by atoms with van der Waals surface area (Å²) >= 11 is 0. The van der Waals surface area contributed by atoms with E-state index in [9.17, 15) is 5.11 Å². The topological polar surface area (TPSA) is 67.7 Å². The third kappa shape index (κ3) is 4.64. The highest BCUT2D eigenvalue weighted by Crippen LogP contribution is 2.32. The summed E-state index contributed by atoms with van der Waals surface area (Å²) in [4.78, 5) is 11.4. The molecule has 1 fully saturated rings. The van der Waals surface area contributed by atoms with Crippen LogP contribution in [0.4, 0.5) is 0 Å². The first-order valence-corrected chi connectivity index (χ1v) is 9.43. The van der Waals surface area contributed by atoms with Crippen molar-refractivity contribution >= 4 is 0 Å². The fourth-order valence-corrected chi connectivity index (χ4v) is 3.70. The van der Waals surface area contributed by atoms with Crippen molar-refractivity contribution in [3.8, 4) is 17.1 Å². The average molecular weight is 371 g/mol. The number of methoxy groups -OCH3 is 2. The van der Waals surface area contributed by atoms with Crippen LogP contribution in [0, 0.1) is 5.92 Å². The third-order valence-corrected chi connectivity index (χ3v) is 5.51. The molecule has 1 aromatic carbocycles. The molecule has 1 aliphatic heterocycles. The fraction of sp³-hybridized carbons (Fsp3) is 0.524. The molecule has 3 rings (SSSR count). The molecule has 1 N–H and O–H groups in total. The highest BCUT2D eigenvalue weighted by molar-refractivity contribution is 5.63. The van der Waals surface area contributed by atoms with Gasteiger partial charge in [0.2, 0.25) is 0 Å². The molecule has 0 amide bonds. The standard InChI is InChI=1S/C21H29N3O3/c1-16-14-24(10-8-21(16,25)9-11-26-2)15-17-12-22-20(23-13-17)18-6-4-5-7-19(18)27-3/h4-7,12-13,16,25H,8-11,14-15H2,1-3H3/t16-,21-/m1/s1. The number of benzene rings is 1. The van der Waals surface area contributed by atoms with E-state index in [-0.39, 0.29) is 5.92 Å². The maximum atomic E-state index is 10.8. The summed E-state index contributed by atoms with van der Waals surface area (Å²) in [5.41, 5.74) is 1.33. The predicted octanol–water partition coefficient (Wildman–Crippen LogP) is 2.76. The number of nitrogens with zero attached hydrogens (tertiary/aromatic N) is 3. The second-order valence-electron chi connectivity index (χ2n) is 7.35. The van der Waals surface area contributed by atoms with Gasteiger partial charge in [-0.3, -0.25) is 4.90 Å². The van der Waals surface area contributed by atoms with Gasteiger partial charge < -0.3 is 14.6 Å². The number of hydrogen-bond donors (Lipinski definition) is 1. The molecule has 6 nitrogen and oxygen atoms in total. The van der Waals surface area contributed by atoms with Gasteiger partial charge in [-0.15, -0.1) is 0 Å². The molecule has 27 heavy (non-hydrogen) atoms. The molecule has 0 spiro atoms. The van der Waals surface area contributed by atoms with E-state index in [0.717, 1.165) is 42.9 Å². The van der Waals surface area contributed by atoms with E-state index in [1.165, 1.54) is 0 Å². The number of likely N-dealkylation sites (tertiary alicyclic amines) is 1. The molecule has 0 aliphatic carbocycles. The van der Waals surface area contributed by atoms with Gasteiger partial charge >= 0.3 is 0 Å². The largest absolute Gasteiger partial charge is 0.496 e. The Morgan fingerprint density at radius 2 is 1.96 bits per heavy atom. The van der Waals surface area contributed by atoms with Crippen LogP contribution in [0.2, 0.25) is 0 Å². The number of aliphatic hydroxyl groups is 1. The number of piperidine rings is 1. The molecule has 6 heteroatoms. The molecule has 0 radical (unpaired) electrons. The molecule has 0 saturated carbocycles. The summed E-state index contributed by atoms with van der Waals surface area (Å²) < 4.78 is 10.5. The van der Waals surface area contributed by atoms with E-state index in [4.69, 9.17) is 9.47 Å². The smallest absolute Gasteiger partial charge is 0.162 e. The summed E-state index contributed by atoms with van der Waals surface area (Å²) in [6, 6.07) is 7.75. The van der Waals surface area contributed by atoms with Gasteiger partial charge in [0.15, 0.2) is 5.82 Å².